The number of rotatable bonds is 10. The van der Waals surface area contributed by atoms with Gasteiger partial charge in [0, 0.05) is 26.7 Å². The highest BCUT2D eigenvalue weighted by atomic mass is 32.1. The van der Waals surface area contributed by atoms with Crippen molar-refractivity contribution in [3.8, 4) is 0 Å². The molecule has 0 aliphatic rings. The standard InChI is InChI=1S/C14H31NOS/c1-6-14(7-2,12-17)11-15(8-9-16-5)10-13(3)4/h13,17H,6-12H2,1-5H3. The van der Waals surface area contributed by atoms with Gasteiger partial charge in [0.15, 0.2) is 0 Å². The van der Waals surface area contributed by atoms with Crippen LogP contribution in [-0.2, 0) is 4.74 Å². The predicted octanol–water partition coefficient (Wildman–Crippen LogP) is 3.33. The van der Waals surface area contributed by atoms with Crippen molar-refractivity contribution < 1.29 is 4.74 Å². The first-order valence-corrected chi connectivity index (χ1v) is 7.49. The smallest absolute Gasteiger partial charge is 0.0589 e. The largest absolute Gasteiger partial charge is 0.383 e. The van der Waals surface area contributed by atoms with Crippen molar-refractivity contribution in [2.24, 2.45) is 11.3 Å². The van der Waals surface area contributed by atoms with E-state index in [0.29, 0.717) is 11.3 Å². The van der Waals surface area contributed by atoms with E-state index in [2.05, 4.69) is 45.2 Å². The Labute approximate surface area is 114 Å². The van der Waals surface area contributed by atoms with Crippen molar-refractivity contribution >= 4 is 12.6 Å². The molecule has 0 amide bonds. The molecule has 0 saturated carbocycles. The lowest BCUT2D eigenvalue weighted by molar-refractivity contribution is 0.101. The van der Waals surface area contributed by atoms with E-state index in [1.807, 2.05) is 0 Å². The predicted molar refractivity (Wildman–Crippen MR) is 80.0 cm³/mol. The second-order valence-electron chi connectivity index (χ2n) is 5.49. The van der Waals surface area contributed by atoms with Gasteiger partial charge in [0.25, 0.3) is 0 Å². The minimum Gasteiger partial charge on any atom is -0.383 e. The maximum atomic E-state index is 5.21. The van der Waals surface area contributed by atoms with E-state index in [9.17, 15) is 0 Å². The molecule has 0 heterocycles. The number of nitrogens with zero attached hydrogens (tertiary/aromatic N) is 1. The number of hydrogen-bond donors (Lipinski definition) is 1. The van der Waals surface area contributed by atoms with Crippen molar-refractivity contribution in [1.82, 2.24) is 4.90 Å². The van der Waals surface area contributed by atoms with Gasteiger partial charge in [-0.3, -0.25) is 0 Å². The Balaban J connectivity index is 4.46. The lowest BCUT2D eigenvalue weighted by Gasteiger charge is -2.37. The lowest BCUT2D eigenvalue weighted by atomic mass is 9.83. The molecule has 0 aromatic rings. The van der Waals surface area contributed by atoms with Gasteiger partial charge < -0.3 is 9.64 Å². The molecule has 17 heavy (non-hydrogen) atoms. The van der Waals surface area contributed by atoms with E-state index in [-0.39, 0.29) is 0 Å². The van der Waals surface area contributed by atoms with Crippen molar-refractivity contribution in [3.63, 3.8) is 0 Å². The van der Waals surface area contributed by atoms with E-state index in [0.717, 1.165) is 32.0 Å². The van der Waals surface area contributed by atoms with Crippen LogP contribution in [0.1, 0.15) is 40.5 Å². The highest BCUT2D eigenvalue weighted by Gasteiger charge is 2.27. The van der Waals surface area contributed by atoms with Crippen LogP contribution in [0.5, 0.6) is 0 Å². The van der Waals surface area contributed by atoms with Crippen molar-refractivity contribution in [2.75, 3.05) is 39.1 Å². The summed E-state index contributed by atoms with van der Waals surface area (Å²) < 4.78 is 5.21. The zero-order valence-electron chi connectivity index (χ0n) is 12.3. The molecule has 0 aliphatic heterocycles. The highest BCUT2D eigenvalue weighted by molar-refractivity contribution is 7.80. The fourth-order valence-corrected chi connectivity index (χ4v) is 2.74. The number of ether oxygens (including phenoxy) is 1. The monoisotopic (exact) mass is 261 g/mol. The molecule has 0 spiro atoms. The average molecular weight is 261 g/mol. The first-order valence-electron chi connectivity index (χ1n) is 6.85. The maximum Gasteiger partial charge on any atom is 0.0589 e. The second-order valence-corrected chi connectivity index (χ2v) is 5.80. The third-order valence-corrected chi connectivity index (χ3v) is 4.30. The topological polar surface area (TPSA) is 12.5 Å². The Morgan fingerprint density at radius 2 is 1.82 bits per heavy atom. The SMILES string of the molecule is CCC(CC)(CS)CN(CCOC)CC(C)C. The molecule has 0 aromatic heterocycles. The number of thiol groups is 1. The normalized spacial score (nSPS) is 12.7. The van der Waals surface area contributed by atoms with Gasteiger partial charge in [0.2, 0.25) is 0 Å². The van der Waals surface area contributed by atoms with Gasteiger partial charge >= 0.3 is 0 Å². The summed E-state index contributed by atoms with van der Waals surface area (Å²) in [6.45, 7) is 13.3. The Kier molecular flexibility index (Phi) is 9.38. The van der Waals surface area contributed by atoms with Crippen LogP contribution in [0, 0.1) is 11.3 Å². The summed E-state index contributed by atoms with van der Waals surface area (Å²) in [4.78, 5) is 2.54. The summed E-state index contributed by atoms with van der Waals surface area (Å²) in [7, 11) is 1.78. The van der Waals surface area contributed by atoms with Crippen LogP contribution in [0.3, 0.4) is 0 Å². The van der Waals surface area contributed by atoms with Gasteiger partial charge in [-0.25, -0.2) is 0 Å². The number of hydrogen-bond acceptors (Lipinski definition) is 3. The van der Waals surface area contributed by atoms with Crippen molar-refractivity contribution in [1.29, 1.82) is 0 Å². The van der Waals surface area contributed by atoms with Gasteiger partial charge in [0.05, 0.1) is 6.61 Å². The third kappa shape index (κ3) is 6.68. The average Bonchev–Trinajstić information content (AvgIpc) is 2.32. The fraction of sp³-hybridized carbons (Fsp3) is 1.00. The van der Waals surface area contributed by atoms with Crippen molar-refractivity contribution in [2.45, 2.75) is 40.5 Å². The van der Waals surface area contributed by atoms with E-state index < -0.39 is 0 Å². The third-order valence-electron chi connectivity index (χ3n) is 3.63. The number of methoxy groups -OCH3 is 1. The van der Waals surface area contributed by atoms with E-state index in [1.165, 1.54) is 12.8 Å². The van der Waals surface area contributed by atoms with Crippen LogP contribution in [-0.4, -0.2) is 44.0 Å². The molecule has 0 saturated heterocycles. The van der Waals surface area contributed by atoms with Gasteiger partial charge in [-0.1, -0.05) is 27.7 Å². The van der Waals surface area contributed by atoms with Gasteiger partial charge in [0.1, 0.15) is 0 Å². The Bertz CT molecular complexity index is 173. The molecule has 0 rings (SSSR count). The minimum atomic E-state index is 0.367. The zero-order valence-corrected chi connectivity index (χ0v) is 13.2. The molecule has 0 atom stereocenters. The van der Waals surface area contributed by atoms with E-state index >= 15 is 0 Å². The van der Waals surface area contributed by atoms with Crippen LogP contribution in [0.25, 0.3) is 0 Å². The summed E-state index contributed by atoms with van der Waals surface area (Å²) in [6.07, 6.45) is 2.41. The molecule has 0 radical (unpaired) electrons. The molecule has 0 aliphatic carbocycles. The van der Waals surface area contributed by atoms with Crippen LogP contribution in [0.2, 0.25) is 0 Å². The van der Waals surface area contributed by atoms with E-state index in [4.69, 9.17) is 4.74 Å². The van der Waals surface area contributed by atoms with Crippen LogP contribution in [0.15, 0.2) is 0 Å². The molecule has 0 bridgehead atoms. The van der Waals surface area contributed by atoms with Gasteiger partial charge in [-0.2, -0.15) is 12.6 Å². The molecule has 0 aromatic carbocycles. The highest BCUT2D eigenvalue weighted by Crippen LogP contribution is 2.29. The summed E-state index contributed by atoms with van der Waals surface area (Å²) in [5.74, 6) is 1.68. The quantitative estimate of drug-likeness (QED) is 0.606. The van der Waals surface area contributed by atoms with Crippen LogP contribution in [0.4, 0.5) is 0 Å². The Morgan fingerprint density at radius 1 is 1.24 bits per heavy atom. The molecule has 104 valence electrons. The summed E-state index contributed by atoms with van der Waals surface area (Å²) in [5.41, 5.74) is 0.367. The lowest BCUT2D eigenvalue weighted by Crippen LogP contribution is -2.41. The molecule has 0 N–H and O–H groups in total. The first kappa shape index (κ1) is 17.3. The van der Waals surface area contributed by atoms with Gasteiger partial charge in [-0.15, -0.1) is 0 Å². The molecular weight excluding hydrogens is 230 g/mol. The van der Waals surface area contributed by atoms with Crippen LogP contribution < -0.4 is 0 Å². The fourth-order valence-electron chi connectivity index (χ4n) is 2.19. The molecule has 0 fully saturated rings. The molecule has 0 unspecified atom stereocenters. The minimum absolute atomic E-state index is 0.367. The Morgan fingerprint density at radius 3 is 2.18 bits per heavy atom. The van der Waals surface area contributed by atoms with Crippen molar-refractivity contribution in [3.05, 3.63) is 0 Å². The maximum absolute atomic E-state index is 5.21. The van der Waals surface area contributed by atoms with E-state index in [1.54, 1.807) is 7.11 Å². The first-order chi connectivity index (χ1) is 8.03. The Hall–Kier alpha value is 0.270. The van der Waals surface area contributed by atoms with Gasteiger partial charge in [-0.05, 0) is 29.9 Å². The molecular formula is C14H31NOS. The molecule has 2 nitrogen and oxygen atoms in total. The summed E-state index contributed by atoms with van der Waals surface area (Å²) in [5, 5.41) is 0. The second kappa shape index (κ2) is 9.23. The van der Waals surface area contributed by atoms with Crippen LogP contribution >= 0.6 is 12.6 Å². The zero-order chi connectivity index (χ0) is 13.3. The molecule has 3 heteroatoms. The summed E-state index contributed by atoms with van der Waals surface area (Å²) in [6, 6.07) is 0. The summed E-state index contributed by atoms with van der Waals surface area (Å²) >= 11 is 4.56.